The molecule has 7 heteroatoms. The van der Waals surface area contributed by atoms with Gasteiger partial charge in [-0.1, -0.05) is 60.7 Å². The predicted molar refractivity (Wildman–Crippen MR) is 125 cm³/mol. The van der Waals surface area contributed by atoms with Crippen LogP contribution in [0.1, 0.15) is 21.5 Å². The van der Waals surface area contributed by atoms with Crippen LogP contribution in [0.2, 0.25) is 0 Å². The Morgan fingerprint density at radius 2 is 1.62 bits per heavy atom. The van der Waals surface area contributed by atoms with Gasteiger partial charge in [-0.05, 0) is 35.4 Å². The molecule has 0 unspecified atom stereocenters. The van der Waals surface area contributed by atoms with Gasteiger partial charge in [-0.3, -0.25) is 4.79 Å². The van der Waals surface area contributed by atoms with Gasteiger partial charge < -0.3 is 5.32 Å². The molecule has 1 amide bonds. The second-order valence-electron chi connectivity index (χ2n) is 7.61. The molecule has 32 heavy (non-hydrogen) atoms. The number of nitrogens with one attached hydrogen (secondary N) is 1. The Bertz CT molecular complexity index is 1330. The molecule has 4 rings (SSSR count). The summed E-state index contributed by atoms with van der Waals surface area (Å²) in [5, 5.41) is 7.35. The number of nitrogens with zero attached hydrogens (tertiary/aromatic N) is 2. The number of aromatic nitrogens is 2. The van der Waals surface area contributed by atoms with Gasteiger partial charge in [0, 0.05) is 23.9 Å². The fourth-order valence-corrected chi connectivity index (χ4v) is 4.25. The zero-order chi connectivity index (χ0) is 22.6. The summed E-state index contributed by atoms with van der Waals surface area (Å²) >= 11 is 0. The minimum absolute atomic E-state index is 0.00479. The summed E-state index contributed by atoms with van der Waals surface area (Å²) in [5.41, 5.74) is 4.93. The van der Waals surface area contributed by atoms with E-state index >= 15 is 0 Å². The van der Waals surface area contributed by atoms with Gasteiger partial charge in [0.2, 0.25) is 0 Å². The highest BCUT2D eigenvalue weighted by atomic mass is 32.2. The van der Waals surface area contributed by atoms with Crippen LogP contribution in [0.15, 0.2) is 91.1 Å². The first-order valence-electron chi connectivity index (χ1n) is 10.1. The predicted octanol–water partition coefficient (Wildman–Crippen LogP) is 4.01. The molecular formula is C25H23N3O3S. The van der Waals surface area contributed by atoms with E-state index in [-0.39, 0.29) is 11.7 Å². The standard InChI is InChI=1S/C25H23N3O3S/c1-32(30,31)18-20-12-10-19(11-13-20)17-26-25(29)22-8-5-9-23(16-22)28-24(14-15-27-28)21-6-3-2-4-7-21/h2-16H,17-18H2,1H3,(H,26,29). The first kappa shape index (κ1) is 21.5. The zero-order valence-electron chi connectivity index (χ0n) is 17.6. The summed E-state index contributed by atoms with van der Waals surface area (Å²) in [4.78, 5) is 12.7. The van der Waals surface area contributed by atoms with Crippen molar-refractivity contribution >= 4 is 15.7 Å². The molecule has 0 aliphatic heterocycles. The first-order valence-corrected chi connectivity index (χ1v) is 12.2. The zero-order valence-corrected chi connectivity index (χ0v) is 18.4. The van der Waals surface area contributed by atoms with Crippen molar-refractivity contribution in [1.82, 2.24) is 15.1 Å². The molecule has 3 aromatic carbocycles. The number of hydrogen-bond acceptors (Lipinski definition) is 4. The molecule has 0 saturated heterocycles. The number of carbonyl (C=O) groups excluding carboxylic acids is 1. The lowest BCUT2D eigenvalue weighted by molar-refractivity contribution is 0.0951. The quantitative estimate of drug-likeness (QED) is 0.466. The van der Waals surface area contributed by atoms with Crippen LogP contribution in [0, 0.1) is 0 Å². The van der Waals surface area contributed by atoms with E-state index in [1.807, 2.05) is 71.4 Å². The van der Waals surface area contributed by atoms with E-state index in [9.17, 15) is 13.2 Å². The number of hydrogen-bond donors (Lipinski definition) is 1. The second-order valence-corrected chi connectivity index (χ2v) is 9.75. The SMILES string of the molecule is CS(=O)(=O)Cc1ccc(CNC(=O)c2cccc(-n3nccc3-c3ccccc3)c2)cc1. The Labute approximate surface area is 187 Å². The molecule has 1 aromatic heterocycles. The van der Waals surface area contributed by atoms with Gasteiger partial charge in [-0.2, -0.15) is 5.10 Å². The molecule has 0 aliphatic rings. The van der Waals surface area contributed by atoms with Crippen LogP contribution in [0.4, 0.5) is 0 Å². The molecule has 0 aliphatic carbocycles. The Morgan fingerprint density at radius 1 is 0.906 bits per heavy atom. The van der Waals surface area contributed by atoms with Crippen LogP contribution >= 0.6 is 0 Å². The van der Waals surface area contributed by atoms with E-state index in [1.165, 1.54) is 6.26 Å². The molecule has 0 radical (unpaired) electrons. The van der Waals surface area contributed by atoms with Crippen molar-refractivity contribution in [3.8, 4) is 16.9 Å². The average Bonchev–Trinajstić information content (AvgIpc) is 3.28. The lowest BCUT2D eigenvalue weighted by atomic mass is 10.1. The van der Waals surface area contributed by atoms with Crippen molar-refractivity contribution < 1.29 is 13.2 Å². The van der Waals surface area contributed by atoms with Gasteiger partial charge >= 0.3 is 0 Å². The molecule has 0 bridgehead atoms. The normalized spacial score (nSPS) is 11.3. The Morgan fingerprint density at radius 3 is 2.34 bits per heavy atom. The summed E-state index contributed by atoms with van der Waals surface area (Å²) in [5.74, 6) is -0.189. The summed E-state index contributed by atoms with van der Waals surface area (Å²) in [6.07, 6.45) is 2.95. The van der Waals surface area contributed by atoms with E-state index in [4.69, 9.17) is 0 Å². The third-order valence-corrected chi connectivity index (χ3v) is 5.83. The average molecular weight is 446 g/mol. The monoisotopic (exact) mass is 445 g/mol. The molecule has 162 valence electrons. The molecule has 0 spiro atoms. The molecule has 1 N–H and O–H groups in total. The molecule has 4 aromatic rings. The highest BCUT2D eigenvalue weighted by Crippen LogP contribution is 2.22. The maximum atomic E-state index is 12.7. The third kappa shape index (κ3) is 5.31. The van der Waals surface area contributed by atoms with E-state index in [1.54, 1.807) is 24.4 Å². The fourth-order valence-electron chi connectivity index (χ4n) is 3.46. The summed E-state index contributed by atoms with van der Waals surface area (Å²) in [7, 11) is -3.07. The van der Waals surface area contributed by atoms with Crippen LogP contribution < -0.4 is 5.32 Å². The van der Waals surface area contributed by atoms with Gasteiger partial charge in [-0.15, -0.1) is 0 Å². The van der Waals surface area contributed by atoms with Crippen molar-refractivity contribution in [3.63, 3.8) is 0 Å². The van der Waals surface area contributed by atoms with E-state index in [0.29, 0.717) is 12.1 Å². The minimum Gasteiger partial charge on any atom is -0.348 e. The third-order valence-electron chi connectivity index (χ3n) is 4.97. The molecule has 0 saturated carbocycles. The Balaban J connectivity index is 1.46. The van der Waals surface area contributed by atoms with Gasteiger partial charge in [0.15, 0.2) is 9.84 Å². The molecule has 0 atom stereocenters. The van der Waals surface area contributed by atoms with Gasteiger partial charge in [-0.25, -0.2) is 13.1 Å². The molecular weight excluding hydrogens is 422 g/mol. The van der Waals surface area contributed by atoms with E-state index in [2.05, 4.69) is 10.4 Å². The molecule has 1 heterocycles. The number of benzene rings is 3. The maximum absolute atomic E-state index is 12.7. The van der Waals surface area contributed by atoms with Crippen molar-refractivity contribution in [2.24, 2.45) is 0 Å². The van der Waals surface area contributed by atoms with Crippen LogP contribution in [0.5, 0.6) is 0 Å². The smallest absolute Gasteiger partial charge is 0.251 e. The number of amides is 1. The van der Waals surface area contributed by atoms with E-state index < -0.39 is 9.84 Å². The van der Waals surface area contributed by atoms with Gasteiger partial charge in [0.1, 0.15) is 0 Å². The number of sulfone groups is 1. The first-order chi connectivity index (χ1) is 15.4. The van der Waals surface area contributed by atoms with E-state index in [0.717, 1.165) is 28.1 Å². The molecule has 6 nitrogen and oxygen atoms in total. The largest absolute Gasteiger partial charge is 0.348 e. The summed E-state index contributed by atoms with van der Waals surface area (Å²) < 4.78 is 24.6. The maximum Gasteiger partial charge on any atom is 0.251 e. The molecule has 0 fully saturated rings. The Kier molecular flexibility index (Phi) is 6.18. The van der Waals surface area contributed by atoms with Crippen LogP contribution in [-0.2, 0) is 22.1 Å². The van der Waals surface area contributed by atoms with Gasteiger partial charge in [0.05, 0.1) is 23.3 Å². The number of carbonyl (C=O) groups is 1. The van der Waals surface area contributed by atoms with Crippen molar-refractivity contribution in [1.29, 1.82) is 0 Å². The van der Waals surface area contributed by atoms with Crippen LogP contribution in [0.3, 0.4) is 0 Å². The lowest BCUT2D eigenvalue weighted by Gasteiger charge is -2.10. The minimum atomic E-state index is -3.07. The van der Waals surface area contributed by atoms with Crippen LogP contribution in [0.25, 0.3) is 16.9 Å². The number of rotatable bonds is 7. The van der Waals surface area contributed by atoms with Crippen molar-refractivity contribution in [2.75, 3.05) is 6.26 Å². The van der Waals surface area contributed by atoms with Crippen molar-refractivity contribution in [3.05, 3.63) is 108 Å². The highest BCUT2D eigenvalue weighted by Gasteiger charge is 2.11. The summed E-state index contributed by atoms with van der Waals surface area (Å²) in [6.45, 7) is 0.346. The second kappa shape index (κ2) is 9.20. The Hall–Kier alpha value is -3.71. The highest BCUT2D eigenvalue weighted by molar-refractivity contribution is 7.89. The lowest BCUT2D eigenvalue weighted by Crippen LogP contribution is -2.23. The fraction of sp³-hybridized carbons (Fsp3) is 0.120. The van der Waals surface area contributed by atoms with Crippen LogP contribution in [-0.4, -0.2) is 30.4 Å². The topological polar surface area (TPSA) is 81.1 Å². The van der Waals surface area contributed by atoms with Gasteiger partial charge in [0.25, 0.3) is 5.91 Å². The van der Waals surface area contributed by atoms with Crippen molar-refractivity contribution in [2.45, 2.75) is 12.3 Å². The summed E-state index contributed by atoms with van der Waals surface area (Å²) in [6, 6.07) is 26.4.